The van der Waals surface area contributed by atoms with Crippen molar-refractivity contribution in [1.29, 1.82) is 0 Å². The highest BCUT2D eigenvalue weighted by Crippen LogP contribution is 2.20. The first kappa shape index (κ1) is 44.1. The van der Waals surface area contributed by atoms with E-state index in [4.69, 9.17) is 16.6 Å². The van der Waals surface area contributed by atoms with Crippen LogP contribution in [0.1, 0.15) is 70.9 Å². The Morgan fingerprint density at radius 2 is 1.29 bits per heavy atom. The van der Waals surface area contributed by atoms with Crippen molar-refractivity contribution in [3.05, 3.63) is 71.9 Å². The monoisotopic (exact) mass is 762 g/mol. The number of aromatic nitrogens is 1. The van der Waals surface area contributed by atoms with Crippen molar-refractivity contribution in [2.24, 2.45) is 23.3 Å². The predicted octanol–water partition coefficient (Wildman–Crippen LogP) is 1.64. The normalized spacial score (nSPS) is 14.1. The average Bonchev–Trinajstić information content (AvgIpc) is 3.53. The molecular formula is C40H58N8O7. The Morgan fingerprint density at radius 3 is 1.93 bits per heavy atom. The molecule has 1 heterocycles. The number of nitrogens with two attached hydrogens (primary N) is 2. The van der Waals surface area contributed by atoms with Gasteiger partial charge in [-0.05, 0) is 48.3 Å². The number of para-hydroxylation sites is 1. The van der Waals surface area contributed by atoms with Crippen LogP contribution in [0.2, 0.25) is 0 Å². The molecule has 5 amide bonds. The number of fused-ring (bicyclic) bond motifs is 1. The van der Waals surface area contributed by atoms with E-state index >= 15 is 0 Å². The minimum absolute atomic E-state index is 0.00202. The fourth-order valence-corrected chi connectivity index (χ4v) is 6.31. The highest BCUT2D eigenvalue weighted by atomic mass is 16.4. The van der Waals surface area contributed by atoms with Crippen molar-refractivity contribution in [3.63, 3.8) is 0 Å². The summed E-state index contributed by atoms with van der Waals surface area (Å²) in [5.74, 6) is -3.75. The van der Waals surface area contributed by atoms with Crippen LogP contribution in [-0.4, -0.2) is 88.9 Å². The maximum atomic E-state index is 14.2. The van der Waals surface area contributed by atoms with Gasteiger partial charge in [0.15, 0.2) is 0 Å². The summed E-state index contributed by atoms with van der Waals surface area (Å²) < 4.78 is 0. The number of primary amides is 1. The Balaban J connectivity index is 1.91. The number of H-pyrrole nitrogens is 1. The lowest BCUT2D eigenvalue weighted by Crippen LogP contribution is -2.59. The molecule has 300 valence electrons. The van der Waals surface area contributed by atoms with Gasteiger partial charge >= 0.3 is 5.97 Å². The van der Waals surface area contributed by atoms with Gasteiger partial charge in [-0.1, -0.05) is 76.2 Å². The third-order valence-corrected chi connectivity index (χ3v) is 9.02. The van der Waals surface area contributed by atoms with Crippen LogP contribution in [0.5, 0.6) is 0 Å². The van der Waals surface area contributed by atoms with Crippen LogP contribution in [0.25, 0.3) is 10.9 Å². The van der Waals surface area contributed by atoms with Crippen LogP contribution in [0.15, 0.2) is 60.8 Å². The summed E-state index contributed by atoms with van der Waals surface area (Å²) in [5, 5.41) is 24.1. The first-order chi connectivity index (χ1) is 26.1. The number of carboxylic acid groups (broad SMARTS) is 1. The average molecular weight is 763 g/mol. The van der Waals surface area contributed by atoms with Crippen molar-refractivity contribution in [1.82, 2.24) is 31.6 Å². The summed E-state index contributed by atoms with van der Waals surface area (Å²) in [7, 11) is 0. The first-order valence-corrected chi connectivity index (χ1v) is 18.9. The second-order valence-electron chi connectivity index (χ2n) is 14.9. The third kappa shape index (κ3) is 15.5. The minimum atomic E-state index is -1.25. The Bertz CT molecular complexity index is 1730. The molecule has 15 nitrogen and oxygen atoms in total. The molecule has 0 bridgehead atoms. The van der Waals surface area contributed by atoms with Crippen LogP contribution in [0.4, 0.5) is 0 Å². The molecule has 0 fully saturated rings. The molecular weight excluding hydrogens is 704 g/mol. The molecule has 0 radical (unpaired) electrons. The van der Waals surface area contributed by atoms with Gasteiger partial charge < -0.3 is 48.1 Å². The first-order valence-electron chi connectivity index (χ1n) is 18.9. The number of amides is 5. The summed E-state index contributed by atoms with van der Waals surface area (Å²) in [6, 6.07) is 11.9. The van der Waals surface area contributed by atoms with Crippen LogP contribution in [0, 0.1) is 11.8 Å². The van der Waals surface area contributed by atoms with Gasteiger partial charge in [0.05, 0.1) is 12.5 Å². The summed E-state index contributed by atoms with van der Waals surface area (Å²) in [4.78, 5) is 81.6. The zero-order valence-electron chi connectivity index (χ0n) is 32.2. The lowest BCUT2D eigenvalue weighted by atomic mass is 10.00. The SMILES string of the molecule is CC(C)C[C@H](N)CN[C@@H](CC(C)C)C(=O)N[C@@H](CCC(N)=O)C(=O)N[C@@H](Cc1c[nH]c2ccccc12)C(=O)N[C@@H](Cc1ccccc1)C(=O)NCCC(=O)O. The van der Waals surface area contributed by atoms with E-state index in [1.165, 1.54) is 0 Å². The van der Waals surface area contributed by atoms with Gasteiger partial charge in [0.2, 0.25) is 29.5 Å². The molecule has 2 aromatic carbocycles. The topological polar surface area (TPSA) is 251 Å². The number of hydrogen-bond acceptors (Lipinski definition) is 8. The Hall–Kier alpha value is -5.28. The number of carbonyl (C=O) groups excluding carboxylic acids is 5. The van der Waals surface area contributed by atoms with E-state index in [1.54, 1.807) is 30.5 Å². The van der Waals surface area contributed by atoms with E-state index in [1.807, 2.05) is 44.2 Å². The standard InChI is InChI=1S/C40H58N8O7/c1-24(2)18-28(41)23-45-32(19-25(3)4)39(54)46-31(14-15-35(42)49)38(53)48-34(21-27-22-44-30-13-9-8-12-29(27)30)40(55)47-33(20-26-10-6-5-7-11-26)37(52)43-17-16-36(50)51/h5-13,22,24-25,28,31-34,44-45H,14-21,23,41H2,1-4H3,(H2,42,49)(H,43,52)(H,46,54)(H,47,55)(H,48,53)(H,50,51)/t28-,31-,32-,33-,34-/m0/s1. The van der Waals surface area contributed by atoms with Crippen LogP contribution in [-0.2, 0) is 41.6 Å². The van der Waals surface area contributed by atoms with E-state index in [-0.39, 0.29) is 50.6 Å². The number of benzene rings is 2. The summed E-state index contributed by atoms with van der Waals surface area (Å²) in [5.41, 5.74) is 14.0. The van der Waals surface area contributed by atoms with Crippen LogP contribution >= 0.6 is 0 Å². The fourth-order valence-electron chi connectivity index (χ4n) is 6.31. The molecule has 11 N–H and O–H groups in total. The Kier molecular flexibility index (Phi) is 17.8. The van der Waals surface area contributed by atoms with Gasteiger partial charge in [0.1, 0.15) is 18.1 Å². The molecule has 0 unspecified atom stereocenters. The zero-order valence-corrected chi connectivity index (χ0v) is 32.2. The number of aliphatic carboxylic acids is 1. The number of aromatic amines is 1. The Morgan fingerprint density at radius 1 is 0.709 bits per heavy atom. The number of carbonyl (C=O) groups is 6. The zero-order chi connectivity index (χ0) is 40.5. The molecule has 0 saturated carbocycles. The molecule has 3 aromatic rings. The Labute approximate surface area is 322 Å². The van der Waals surface area contributed by atoms with Crippen molar-refractivity contribution < 1.29 is 33.9 Å². The number of nitrogens with one attached hydrogen (secondary N) is 6. The number of carboxylic acids is 1. The van der Waals surface area contributed by atoms with Crippen molar-refractivity contribution in [3.8, 4) is 0 Å². The van der Waals surface area contributed by atoms with E-state index in [0.29, 0.717) is 24.4 Å². The van der Waals surface area contributed by atoms with Gasteiger partial charge in [-0.2, -0.15) is 0 Å². The van der Waals surface area contributed by atoms with Crippen molar-refractivity contribution in [2.45, 2.75) is 103 Å². The van der Waals surface area contributed by atoms with Crippen molar-refractivity contribution in [2.75, 3.05) is 13.1 Å². The molecule has 0 aliphatic carbocycles. The van der Waals surface area contributed by atoms with Crippen molar-refractivity contribution >= 4 is 46.4 Å². The molecule has 0 spiro atoms. The lowest BCUT2D eigenvalue weighted by Gasteiger charge is -2.27. The van der Waals surface area contributed by atoms with Crippen LogP contribution < -0.4 is 38.1 Å². The molecule has 0 aliphatic heterocycles. The van der Waals surface area contributed by atoms with Crippen LogP contribution in [0.3, 0.4) is 0 Å². The molecule has 55 heavy (non-hydrogen) atoms. The van der Waals surface area contributed by atoms with E-state index in [9.17, 15) is 28.8 Å². The summed E-state index contributed by atoms with van der Waals surface area (Å²) in [6.07, 6.45) is 2.37. The van der Waals surface area contributed by atoms with Gasteiger partial charge in [0, 0.05) is 55.5 Å². The molecule has 1 aromatic heterocycles. The summed E-state index contributed by atoms with van der Waals surface area (Å²) in [6.45, 7) is 8.29. The second-order valence-corrected chi connectivity index (χ2v) is 14.9. The highest BCUT2D eigenvalue weighted by molar-refractivity contribution is 5.96. The quantitative estimate of drug-likeness (QED) is 0.0643. The molecule has 15 heteroatoms. The third-order valence-electron chi connectivity index (χ3n) is 9.02. The second kappa shape index (κ2) is 22.2. The maximum absolute atomic E-state index is 14.2. The number of rotatable bonds is 24. The molecule has 0 aliphatic rings. The summed E-state index contributed by atoms with van der Waals surface area (Å²) >= 11 is 0. The van der Waals surface area contributed by atoms with E-state index < -0.39 is 59.7 Å². The fraction of sp³-hybridized carbons (Fsp3) is 0.500. The van der Waals surface area contributed by atoms with Gasteiger partial charge in [-0.3, -0.25) is 28.8 Å². The molecule has 5 atom stereocenters. The molecule has 0 saturated heterocycles. The van der Waals surface area contributed by atoms with Gasteiger partial charge in [-0.25, -0.2) is 0 Å². The van der Waals surface area contributed by atoms with Gasteiger partial charge in [0.25, 0.3) is 0 Å². The maximum Gasteiger partial charge on any atom is 0.305 e. The highest BCUT2D eigenvalue weighted by Gasteiger charge is 2.32. The molecule has 3 rings (SSSR count). The van der Waals surface area contributed by atoms with E-state index in [2.05, 4.69) is 45.4 Å². The number of hydrogen-bond donors (Lipinski definition) is 9. The predicted molar refractivity (Wildman–Crippen MR) is 210 cm³/mol. The van der Waals surface area contributed by atoms with Gasteiger partial charge in [-0.15, -0.1) is 0 Å². The minimum Gasteiger partial charge on any atom is -0.481 e. The lowest BCUT2D eigenvalue weighted by molar-refractivity contribution is -0.137. The smallest absolute Gasteiger partial charge is 0.305 e. The largest absolute Gasteiger partial charge is 0.481 e. The van der Waals surface area contributed by atoms with E-state index in [0.717, 1.165) is 22.9 Å².